The number of aryl methyl sites for hydroxylation is 1. The van der Waals surface area contributed by atoms with Crippen LogP contribution in [0.5, 0.6) is 0 Å². The summed E-state index contributed by atoms with van der Waals surface area (Å²) in [5, 5.41) is 8.46. The monoisotopic (exact) mass is 397 g/mol. The van der Waals surface area contributed by atoms with E-state index in [2.05, 4.69) is 22.5 Å². The summed E-state index contributed by atoms with van der Waals surface area (Å²) in [5.41, 5.74) is 2.02. The fourth-order valence-corrected chi connectivity index (χ4v) is 4.67. The number of hydrogen-bond acceptors (Lipinski definition) is 5. The van der Waals surface area contributed by atoms with Gasteiger partial charge < -0.3 is 10.1 Å². The van der Waals surface area contributed by atoms with Gasteiger partial charge in [0.1, 0.15) is 9.71 Å². The summed E-state index contributed by atoms with van der Waals surface area (Å²) in [7, 11) is 0. The van der Waals surface area contributed by atoms with Crippen molar-refractivity contribution in [2.45, 2.75) is 45.2 Å². The second-order valence-corrected chi connectivity index (χ2v) is 8.21. The van der Waals surface area contributed by atoms with Gasteiger partial charge in [-0.25, -0.2) is 4.79 Å². The molecule has 0 aliphatic heterocycles. The fraction of sp³-hybridized carbons (Fsp3) is 0.381. The van der Waals surface area contributed by atoms with Crippen LogP contribution >= 0.6 is 11.3 Å². The summed E-state index contributed by atoms with van der Waals surface area (Å²) >= 11 is 1.35. The average Bonchev–Trinajstić information content (AvgIpc) is 3.41. The van der Waals surface area contributed by atoms with Crippen molar-refractivity contribution in [3.63, 3.8) is 0 Å². The number of rotatable bonds is 6. The second kappa shape index (κ2) is 8.14. The molecule has 0 saturated heterocycles. The van der Waals surface area contributed by atoms with Crippen molar-refractivity contribution in [2.24, 2.45) is 0 Å². The van der Waals surface area contributed by atoms with Crippen molar-refractivity contribution in [3.05, 3.63) is 52.5 Å². The van der Waals surface area contributed by atoms with E-state index in [0.717, 1.165) is 47.2 Å². The molecule has 3 aromatic rings. The number of carbonyl (C=O) groups is 2. The number of carbonyl (C=O) groups excluding carboxylic acids is 2. The summed E-state index contributed by atoms with van der Waals surface area (Å²) in [5.74, 6) is -0.693. The van der Waals surface area contributed by atoms with Crippen LogP contribution in [0.4, 0.5) is 0 Å². The van der Waals surface area contributed by atoms with E-state index in [4.69, 9.17) is 4.74 Å². The number of hydrogen-bond donors (Lipinski definition) is 1. The topological polar surface area (TPSA) is 73.2 Å². The largest absolute Gasteiger partial charge is 0.451 e. The first-order valence-electron chi connectivity index (χ1n) is 9.57. The lowest BCUT2D eigenvalue weighted by molar-refractivity contribution is -0.124. The fourth-order valence-electron chi connectivity index (χ4n) is 3.62. The highest BCUT2D eigenvalue weighted by molar-refractivity contribution is 7.20. The highest BCUT2D eigenvalue weighted by Gasteiger charge is 2.20. The Kier molecular flexibility index (Phi) is 5.43. The third-order valence-electron chi connectivity index (χ3n) is 5.04. The smallest absolute Gasteiger partial charge is 0.348 e. The van der Waals surface area contributed by atoms with E-state index in [9.17, 15) is 9.59 Å². The zero-order valence-corrected chi connectivity index (χ0v) is 16.6. The van der Waals surface area contributed by atoms with Crippen LogP contribution in [0, 0.1) is 6.92 Å². The maximum atomic E-state index is 12.4. The van der Waals surface area contributed by atoms with Gasteiger partial charge in [0, 0.05) is 11.4 Å². The molecular formula is C21H23N3O3S. The normalized spacial score (nSPS) is 14.5. The lowest BCUT2D eigenvalue weighted by atomic mass is 10.2. The van der Waals surface area contributed by atoms with Gasteiger partial charge in [0.15, 0.2) is 6.61 Å². The van der Waals surface area contributed by atoms with Crippen LogP contribution in [0.25, 0.3) is 10.2 Å². The van der Waals surface area contributed by atoms with Gasteiger partial charge in [-0.15, -0.1) is 11.3 Å². The van der Waals surface area contributed by atoms with Crippen LogP contribution in [-0.4, -0.2) is 34.3 Å². The van der Waals surface area contributed by atoms with E-state index < -0.39 is 5.97 Å². The summed E-state index contributed by atoms with van der Waals surface area (Å²) in [6, 6.07) is 12.1. The third kappa shape index (κ3) is 4.09. The number of nitrogens with zero attached hydrogens (tertiary/aromatic N) is 2. The number of fused-ring (bicyclic) bond motifs is 1. The number of esters is 1. The van der Waals surface area contributed by atoms with Crippen LogP contribution in [-0.2, 0) is 16.1 Å². The molecule has 0 bridgehead atoms. The first-order valence-corrected chi connectivity index (χ1v) is 10.4. The minimum Gasteiger partial charge on any atom is -0.451 e. The van der Waals surface area contributed by atoms with Crippen LogP contribution in [0.2, 0.25) is 0 Å². The molecule has 146 valence electrons. The number of thiophene rings is 1. The van der Waals surface area contributed by atoms with Crippen LogP contribution in [0.1, 0.15) is 46.6 Å². The Bertz CT molecular complexity index is 987. The number of nitrogens with one attached hydrogen (secondary N) is 1. The molecule has 1 aliphatic carbocycles. The van der Waals surface area contributed by atoms with E-state index >= 15 is 0 Å². The van der Waals surface area contributed by atoms with Gasteiger partial charge in [-0.3, -0.25) is 9.48 Å². The molecular weight excluding hydrogens is 374 g/mol. The molecule has 28 heavy (non-hydrogen) atoms. The first-order chi connectivity index (χ1) is 13.6. The zero-order valence-electron chi connectivity index (χ0n) is 15.8. The quantitative estimate of drug-likeness (QED) is 0.644. The Morgan fingerprint density at radius 1 is 1.25 bits per heavy atom. The standard InChI is InChI=1S/C21H23N3O3S/c1-14-17-11-18(21(26)27-13-19(25)22-16-9-5-6-10-16)28-20(17)24(23-14)12-15-7-3-2-4-8-15/h2-4,7-8,11,16H,5-6,9-10,12-13H2,1H3,(H,22,25). The molecule has 0 atom stereocenters. The molecule has 2 aromatic heterocycles. The van der Waals surface area contributed by atoms with Crippen LogP contribution < -0.4 is 5.32 Å². The maximum Gasteiger partial charge on any atom is 0.348 e. The highest BCUT2D eigenvalue weighted by atomic mass is 32.1. The second-order valence-electron chi connectivity index (χ2n) is 7.18. The predicted molar refractivity (Wildman–Crippen MR) is 109 cm³/mol. The predicted octanol–water partition coefficient (Wildman–Crippen LogP) is 3.67. The van der Waals surface area contributed by atoms with Crippen molar-refractivity contribution in [3.8, 4) is 0 Å². The van der Waals surface area contributed by atoms with E-state index in [1.54, 1.807) is 6.07 Å². The minimum atomic E-state index is -0.464. The van der Waals surface area contributed by atoms with Crippen molar-refractivity contribution < 1.29 is 14.3 Å². The van der Waals surface area contributed by atoms with Gasteiger partial charge in [-0.1, -0.05) is 43.2 Å². The van der Waals surface area contributed by atoms with Crippen molar-refractivity contribution in [1.29, 1.82) is 0 Å². The third-order valence-corrected chi connectivity index (χ3v) is 6.17. The van der Waals surface area contributed by atoms with E-state index in [-0.39, 0.29) is 18.6 Å². The van der Waals surface area contributed by atoms with Gasteiger partial charge in [-0.2, -0.15) is 5.10 Å². The molecule has 1 amide bonds. The van der Waals surface area contributed by atoms with Crippen LogP contribution in [0.3, 0.4) is 0 Å². The first kappa shape index (κ1) is 18.7. The highest BCUT2D eigenvalue weighted by Crippen LogP contribution is 2.29. The lowest BCUT2D eigenvalue weighted by Crippen LogP contribution is -2.35. The van der Waals surface area contributed by atoms with Gasteiger partial charge >= 0.3 is 5.97 Å². The minimum absolute atomic E-state index is 0.224. The number of aromatic nitrogens is 2. The summed E-state index contributed by atoms with van der Waals surface area (Å²) in [6.07, 6.45) is 4.30. The molecule has 0 spiro atoms. The van der Waals surface area contributed by atoms with Crippen molar-refractivity contribution in [1.82, 2.24) is 15.1 Å². The SMILES string of the molecule is Cc1nn(Cc2ccccc2)c2sc(C(=O)OCC(=O)NC3CCCC3)cc12. The Morgan fingerprint density at radius 3 is 2.75 bits per heavy atom. The number of benzene rings is 1. The maximum absolute atomic E-state index is 12.4. The molecule has 1 fully saturated rings. The van der Waals surface area contributed by atoms with Gasteiger partial charge in [0.2, 0.25) is 0 Å². The van der Waals surface area contributed by atoms with E-state index in [1.807, 2.05) is 29.8 Å². The average molecular weight is 398 g/mol. The van der Waals surface area contributed by atoms with Gasteiger partial charge in [0.05, 0.1) is 12.2 Å². The molecule has 0 unspecified atom stereocenters. The summed E-state index contributed by atoms with van der Waals surface area (Å²) in [6.45, 7) is 2.34. The molecule has 0 radical (unpaired) electrons. The summed E-state index contributed by atoms with van der Waals surface area (Å²) in [4.78, 5) is 25.8. The molecule has 1 N–H and O–H groups in total. The van der Waals surface area contributed by atoms with Gasteiger partial charge in [0.25, 0.3) is 5.91 Å². The Labute approximate surface area is 167 Å². The molecule has 7 heteroatoms. The molecule has 6 nitrogen and oxygen atoms in total. The Morgan fingerprint density at radius 2 is 2.00 bits per heavy atom. The number of ether oxygens (including phenoxy) is 1. The molecule has 1 aromatic carbocycles. The van der Waals surface area contributed by atoms with E-state index in [0.29, 0.717) is 11.4 Å². The number of amides is 1. The van der Waals surface area contributed by atoms with Crippen LogP contribution in [0.15, 0.2) is 36.4 Å². The van der Waals surface area contributed by atoms with Crippen molar-refractivity contribution in [2.75, 3.05) is 6.61 Å². The Balaban J connectivity index is 1.43. The molecule has 2 heterocycles. The zero-order chi connectivity index (χ0) is 19.5. The molecule has 1 saturated carbocycles. The molecule has 1 aliphatic rings. The Hall–Kier alpha value is -2.67. The molecule has 4 rings (SSSR count). The van der Waals surface area contributed by atoms with E-state index in [1.165, 1.54) is 11.3 Å². The lowest BCUT2D eigenvalue weighted by Gasteiger charge is -2.11. The van der Waals surface area contributed by atoms with Crippen molar-refractivity contribution >= 4 is 33.4 Å². The van der Waals surface area contributed by atoms with Gasteiger partial charge in [-0.05, 0) is 31.4 Å². The summed E-state index contributed by atoms with van der Waals surface area (Å²) < 4.78 is 7.14.